The van der Waals surface area contributed by atoms with Crippen LogP contribution in [0.15, 0.2) is 24.3 Å². The van der Waals surface area contributed by atoms with Crippen LogP contribution in [0.1, 0.15) is 21.7 Å². The van der Waals surface area contributed by atoms with Gasteiger partial charge < -0.3 is 5.32 Å². The van der Waals surface area contributed by atoms with Crippen molar-refractivity contribution in [3.63, 3.8) is 0 Å². The summed E-state index contributed by atoms with van der Waals surface area (Å²) in [5.74, 6) is 0.503. The molecule has 0 spiro atoms. The molecule has 2 aromatic rings. The number of aryl methyl sites for hydroxylation is 1. The van der Waals surface area contributed by atoms with Gasteiger partial charge in [0.05, 0.1) is 0 Å². The van der Waals surface area contributed by atoms with Gasteiger partial charge in [-0.1, -0.05) is 22.9 Å². The fraction of sp³-hybridized carbons (Fsp3) is 0.273. The highest BCUT2D eigenvalue weighted by Gasteiger charge is 2.05. The number of rotatable bonds is 4. The minimum atomic E-state index is -0.0894. The molecule has 0 atom stereocenters. The van der Waals surface area contributed by atoms with Gasteiger partial charge >= 0.3 is 0 Å². The lowest BCUT2D eigenvalue weighted by atomic mass is 10.1. The maximum Gasteiger partial charge on any atom is 0.251 e. The first kappa shape index (κ1) is 11.3. The van der Waals surface area contributed by atoms with Gasteiger partial charge in [0.2, 0.25) is 0 Å². The third-order valence-corrected chi connectivity index (χ3v) is 2.34. The Labute approximate surface area is 98.4 Å². The summed E-state index contributed by atoms with van der Waals surface area (Å²) in [6, 6.07) is 7.43. The van der Waals surface area contributed by atoms with Crippen molar-refractivity contribution in [3.05, 3.63) is 41.2 Å². The number of tetrazole rings is 1. The number of carbonyl (C=O) groups excluding carboxylic acids is 1. The van der Waals surface area contributed by atoms with E-state index in [2.05, 4.69) is 25.9 Å². The SMILES string of the molecule is Cc1ccc(C(=O)NCCc2nn[nH]n2)cc1. The summed E-state index contributed by atoms with van der Waals surface area (Å²) in [4.78, 5) is 11.7. The summed E-state index contributed by atoms with van der Waals surface area (Å²) in [6.07, 6.45) is 0.564. The van der Waals surface area contributed by atoms with Crippen molar-refractivity contribution in [2.45, 2.75) is 13.3 Å². The zero-order chi connectivity index (χ0) is 12.1. The maximum atomic E-state index is 11.7. The van der Waals surface area contributed by atoms with Gasteiger partial charge in [0.1, 0.15) is 0 Å². The monoisotopic (exact) mass is 231 g/mol. The lowest BCUT2D eigenvalue weighted by molar-refractivity contribution is 0.0954. The van der Waals surface area contributed by atoms with Crippen LogP contribution in [0.2, 0.25) is 0 Å². The summed E-state index contributed by atoms with van der Waals surface area (Å²) in [7, 11) is 0. The number of nitrogens with zero attached hydrogens (tertiary/aromatic N) is 3. The third kappa shape index (κ3) is 3.10. The van der Waals surface area contributed by atoms with E-state index < -0.39 is 0 Å². The molecule has 0 aliphatic heterocycles. The Morgan fingerprint density at radius 2 is 2.12 bits per heavy atom. The van der Waals surface area contributed by atoms with Gasteiger partial charge in [-0.15, -0.1) is 10.2 Å². The molecule has 1 heterocycles. The number of hydrogen-bond donors (Lipinski definition) is 2. The Morgan fingerprint density at radius 1 is 1.35 bits per heavy atom. The molecule has 2 rings (SSSR count). The number of aromatic nitrogens is 4. The van der Waals surface area contributed by atoms with Gasteiger partial charge in [-0.25, -0.2) is 0 Å². The first-order valence-electron chi connectivity index (χ1n) is 5.33. The van der Waals surface area contributed by atoms with Crippen LogP contribution in [-0.2, 0) is 6.42 Å². The molecule has 88 valence electrons. The largest absolute Gasteiger partial charge is 0.352 e. The van der Waals surface area contributed by atoms with E-state index >= 15 is 0 Å². The number of hydrogen-bond acceptors (Lipinski definition) is 4. The van der Waals surface area contributed by atoms with E-state index in [4.69, 9.17) is 0 Å². The molecule has 1 amide bonds. The van der Waals surface area contributed by atoms with Crippen LogP contribution in [0, 0.1) is 6.92 Å². The minimum absolute atomic E-state index is 0.0894. The number of carbonyl (C=O) groups is 1. The predicted octanol–water partition coefficient (Wildman–Crippen LogP) is 0.481. The summed E-state index contributed by atoms with van der Waals surface area (Å²) in [5.41, 5.74) is 1.79. The number of amides is 1. The van der Waals surface area contributed by atoms with Crippen LogP contribution < -0.4 is 5.32 Å². The van der Waals surface area contributed by atoms with Crippen LogP contribution in [0.5, 0.6) is 0 Å². The molecule has 1 aromatic carbocycles. The van der Waals surface area contributed by atoms with Crippen LogP contribution in [-0.4, -0.2) is 33.1 Å². The first-order valence-corrected chi connectivity index (χ1v) is 5.33. The number of H-pyrrole nitrogens is 1. The Hall–Kier alpha value is -2.24. The van der Waals surface area contributed by atoms with Crippen LogP contribution >= 0.6 is 0 Å². The molecule has 1 aromatic heterocycles. The van der Waals surface area contributed by atoms with Gasteiger partial charge in [0.15, 0.2) is 5.82 Å². The molecule has 6 heteroatoms. The molecular weight excluding hydrogens is 218 g/mol. The summed E-state index contributed by atoms with van der Waals surface area (Å²) in [5, 5.41) is 16.2. The summed E-state index contributed by atoms with van der Waals surface area (Å²) >= 11 is 0. The van der Waals surface area contributed by atoms with Gasteiger partial charge in [-0.3, -0.25) is 4.79 Å². The van der Waals surface area contributed by atoms with E-state index in [1.807, 2.05) is 19.1 Å². The molecule has 17 heavy (non-hydrogen) atoms. The standard InChI is InChI=1S/C11H13N5O/c1-8-2-4-9(5-3-8)11(17)12-7-6-10-13-15-16-14-10/h2-5H,6-7H2,1H3,(H,12,17)(H,13,14,15,16). The highest BCUT2D eigenvalue weighted by Crippen LogP contribution is 2.02. The Morgan fingerprint density at radius 3 is 2.76 bits per heavy atom. The smallest absolute Gasteiger partial charge is 0.251 e. The lowest BCUT2D eigenvalue weighted by Gasteiger charge is -2.03. The third-order valence-electron chi connectivity index (χ3n) is 2.34. The number of benzene rings is 1. The first-order chi connectivity index (χ1) is 8.25. The average Bonchev–Trinajstić information content (AvgIpc) is 2.83. The van der Waals surface area contributed by atoms with E-state index in [0.29, 0.717) is 24.4 Å². The zero-order valence-corrected chi connectivity index (χ0v) is 9.47. The summed E-state index contributed by atoms with van der Waals surface area (Å²) in [6.45, 7) is 2.48. The van der Waals surface area contributed by atoms with Crippen LogP contribution in [0.4, 0.5) is 0 Å². The van der Waals surface area contributed by atoms with E-state index in [1.165, 1.54) is 0 Å². The van der Waals surface area contributed by atoms with Gasteiger partial charge in [-0.05, 0) is 19.1 Å². The number of aromatic amines is 1. The normalized spacial score (nSPS) is 10.2. The van der Waals surface area contributed by atoms with Crippen LogP contribution in [0.3, 0.4) is 0 Å². The predicted molar refractivity (Wildman–Crippen MR) is 61.4 cm³/mol. The van der Waals surface area contributed by atoms with E-state index in [0.717, 1.165) is 5.56 Å². The van der Waals surface area contributed by atoms with E-state index in [-0.39, 0.29) is 5.91 Å². The van der Waals surface area contributed by atoms with Crippen molar-refractivity contribution in [3.8, 4) is 0 Å². The van der Waals surface area contributed by atoms with Crippen molar-refractivity contribution in [2.75, 3.05) is 6.54 Å². The molecule has 0 saturated heterocycles. The van der Waals surface area contributed by atoms with Crippen molar-refractivity contribution in [1.82, 2.24) is 25.9 Å². The molecule has 2 N–H and O–H groups in total. The highest BCUT2D eigenvalue weighted by atomic mass is 16.1. The van der Waals surface area contributed by atoms with Crippen molar-refractivity contribution >= 4 is 5.91 Å². The van der Waals surface area contributed by atoms with Crippen molar-refractivity contribution < 1.29 is 4.79 Å². The molecule has 0 saturated carbocycles. The Balaban J connectivity index is 1.83. The second-order valence-electron chi connectivity index (χ2n) is 3.70. The fourth-order valence-corrected chi connectivity index (χ4v) is 1.38. The molecule has 0 aliphatic carbocycles. The minimum Gasteiger partial charge on any atom is -0.352 e. The van der Waals surface area contributed by atoms with Gasteiger partial charge in [-0.2, -0.15) is 5.21 Å². The molecule has 0 radical (unpaired) electrons. The Bertz CT molecular complexity index is 477. The maximum absolute atomic E-state index is 11.7. The highest BCUT2D eigenvalue weighted by molar-refractivity contribution is 5.94. The number of nitrogens with one attached hydrogen (secondary N) is 2. The second-order valence-corrected chi connectivity index (χ2v) is 3.70. The average molecular weight is 231 g/mol. The molecule has 0 aliphatic rings. The topological polar surface area (TPSA) is 83.6 Å². The van der Waals surface area contributed by atoms with Crippen LogP contribution in [0.25, 0.3) is 0 Å². The molecule has 0 fully saturated rings. The fourth-order valence-electron chi connectivity index (χ4n) is 1.38. The van der Waals surface area contributed by atoms with Crippen molar-refractivity contribution in [1.29, 1.82) is 0 Å². The molecule has 0 unspecified atom stereocenters. The molecule has 6 nitrogen and oxygen atoms in total. The lowest BCUT2D eigenvalue weighted by Crippen LogP contribution is -2.25. The van der Waals surface area contributed by atoms with Gasteiger partial charge in [0, 0.05) is 18.5 Å². The molecular formula is C11H13N5O. The van der Waals surface area contributed by atoms with Gasteiger partial charge in [0.25, 0.3) is 5.91 Å². The summed E-state index contributed by atoms with van der Waals surface area (Å²) < 4.78 is 0. The second kappa shape index (κ2) is 5.20. The zero-order valence-electron chi connectivity index (χ0n) is 9.47. The van der Waals surface area contributed by atoms with E-state index in [1.54, 1.807) is 12.1 Å². The quantitative estimate of drug-likeness (QED) is 0.801. The molecule has 0 bridgehead atoms. The van der Waals surface area contributed by atoms with Crippen molar-refractivity contribution in [2.24, 2.45) is 0 Å². The Kier molecular flexibility index (Phi) is 3.44. The van der Waals surface area contributed by atoms with E-state index in [9.17, 15) is 4.79 Å².